The van der Waals surface area contributed by atoms with E-state index in [9.17, 15) is 0 Å². The summed E-state index contributed by atoms with van der Waals surface area (Å²) >= 11 is 0. The van der Waals surface area contributed by atoms with Crippen LogP contribution in [0.3, 0.4) is 0 Å². The summed E-state index contributed by atoms with van der Waals surface area (Å²) in [6.07, 6.45) is 5.44. The first-order valence-electron chi connectivity index (χ1n) is 7.40. The molecular formula is C15H21N5. The number of tetrazole rings is 1. The molecule has 1 aliphatic rings. The largest absolute Gasteiger partial charge is 0.307 e. The van der Waals surface area contributed by atoms with Gasteiger partial charge >= 0.3 is 0 Å². The van der Waals surface area contributed by atoms with Crippen LogP contribution in [-0.2, 0) is 6.54 Å². The lowest BCUT2D eigenvalue weighted by Crippen LogP contribution is -2.32. The van der Waals surface area contributed by atoms with Gasteiger partial charge in [0.1, 0.15) is 0 Å². The predicted octanol–water partition coefficient (Wildman–Crippen LogP) is 2.33. The predicted molar refractivity (Wildman–Crippen MR) is 77.4 cm³/mol. The van der Waals surface area contributed by atoms with Crippen molar-refractivity contribution in [2.24, 2.45) is 5.92 Å². The van der Waals surface area contributed by atoms with Gasteiger partial charge in [-0.1, -0.05) is 31.0 Å². The second-order valence-corrected chi connectivity index (χ2v) is 5.56. The smallest absolute Gasteiger partial charge is 0.170 e. The number of para-hydroxylation sites is 1. The van der Waals surface area contributed by atoms with E-state index in [0.717, 1.165) is 17.4 Å². The van der Waals surface area contributed by atoms with Crippen LogP contribution in [0.1, 0.15) is 38.4 Å². The van der Waals surface area contributed by atoms with Crippen molar-refractivity contribution in [1.82, 2.24) is 25.5 Å². The molecule has 0 bridgehead atoms. The highest BCUT2D eigenvalue weighted by atomic mass is 15.5. The van der Waals surface area contributed by atoms with Gasteiger partial charge in [-0.05, 0) is 48.2 Å². The summed E-state index contributed by atoms with van der Waals surface area (Å²) < 4.78 is 1.80. The number of benzene rings is 1. The van der Waals surface area contributed by atoms with Gasteiger partial charge in [0.2, 0.25) is 0 Å². The first-order valence-corrected chi connectivity index (χ1v) is 7.40. The Bertz CT molecular complexity index is 530. The normalized spacial score (nSPS) is 17.4. The van der Waals surface area contributed by atoms with E-state index >= 15 is 0 Å². The third kappa shape index (κ3) is 2.88. The number of hydrogen-bond donors (Lipinski definition) is 1. The van der Waals surface area contributed by atoms with E-state index in [1.807, 2.05) is 30.3 Å². The minimum Gasteiger partial charge on any atom is -0.307 e. The first-order chi connectivity index (χ1) is 9.84. The molecule has 0 radical (unpaired) electrons. The van der Waals surface area contributed by atoms with Crippen LogP contribution in [0.15, 0.2) is 30.3 Å². The third-order valence-corrected chi connectivity index (χ3v) is 4.22. The number of aromatic nitrogens is 4. The van der Waals surface area contributed by atoms with Crippen LogP contribution in [0.5, 0.6) is 0 Å². The van der Waals surface area contributed by atoms with E-state index in [-0.39, 0.29) is 0 Å². The summed E-state index contributed by atoms with van der Waals surface area (Å²) in [6, 6.07) is 10.5. The van der Waals surface area contributed by atoms with Crippen LogP contribution in [-0.4, -0.2) is 26.2 Å². The highest BCUT2D eigenvalue weighted by Gasteiger charge is 2.21. The van der Waals surface area contributed by atoms with Crippen molar-refractivity contribution >= 4 is 0 Å². The summed E-state index contributed by atoms with van der Waals surface area (Å²) in [7, 11) is 0. The molecule has 0 aliphatic heterocycles. The maximum atomic E-state index is 4.13. The molecule has 0 unspecified atom stereocenters. The van der Waals surface area contributed by atoms with Crippen molar-refractivity contribution in [3.63, 3.8) is 0 Å². The van der Waals surface area contributed by atoms with Gasteiger partial charge in [0.15, 0.2) is 5.82 Å². The second-order valence-electron chi connectivity index (χ2n) is 5.56. The number of hydrogen-bond acceptors (Lipinski definition) is 4. The van der Waals surface area contributed by atoms with Gasteiger partial charge in [-0.25, -0.2) is 0 Å². The zero-order chi connectivity index (χ0) is 13.8. The highest BCUT2D eigenvalue weighted by molar-refractivity contribution is 5.30. The summed E-state index contributed by atoms with van der Waals surface area (Å²) in [6.45, 7) is 2.98. The molecule has 2 aromatic rings. The monoisotopic (exact) mass is 271 g/mol. The lowest BCUT2D eigenvalue weighted by molar-refractivity contribution is 0.375. The molecule has 5 heteroatoms. The number of nitrogens with zero attached hydrogens (tertiary/aromatic N) is 4. The van der Waals surface area contributed by atoms with E-state index in [1.165, 1.54) is 25.7 Å². The minimum atomic E-state index is 0.526. The molecule has 20 heavy (non-hydrogen) atoms. The van der Waals surface area contributed by atoms with Crippen LogP contribution in [0.25, 0.3) is 5.69 Å². The molecule has 0 spiro atoms. The first kappa shape index (κ1) is 13.2. The maximum absolute atomic E-state index is 4.13. The maximum Gasteiger partial charge on any atom is 0.170 e. The molecule has 5 nitrogen and oxygen atoms in total. The van der Waals surface area contributed by atoms with Gasteiger partial charge < -0.3 is 5.32 Å². The quantitative estimate of drug-likeness (QED) is 0.907. The van der Waals surface area contributed by atoms with Crippen molar-refractivity contribution in [3.05, 3.63) is 36.2 Å². The molecule has 1 fully saturated rings. The van der Waals surface area contributed by atoms with Crippen molar-refractivity contribution in [2.75, 3.05) is 0 Å². The van der Waals surface area contributed by atoms with Crippen molar-refractivity contribution in [3.8, 4) is 5.69 Å². The molecule has 0 amide bonds. The van der Waals surface area contributed by atoms with Crippen LogP contribution in [0.4, 0.5) is 0 Å². The highest BCUT2D eigenvalue weighted by Crippen LogP contribution is 2.27. The molecular weight excluding hydrogens is 250 g/mol. The van der Waals surface area contributed by atoms with E-state index in [1.54, 1.807) is 4.68 Å². The fraction of sp³-hybridized carbons (Fsp3) is 0.533. The Hall–Kier alpha value is -1.75. The van der Waals surface area contributed by atoms with Crippen LogP contribution in [0.2, 0.25) is 0 Å². The molecule has 1 atom stereocenters. The van der Waals surface area contributed by atoms with Crippen LogP contribution >= 0.6 is 0 Å². The lowest BCUT2D eigenvalue weighted by atomic mass is 10.00. The third-order valence-electron chi connectivity index (χ3n) is 4.22. The number of nitrogens with one attached hydrogen (secondary N) is 1. The standard InChI is InChI=1S/C15H21N5/c1-12(13-7-5-6-8-13)16-11-15-17-18-19-20(15)14-9-3-2-4-10-14/h2-4,9-10,12-13,16H,5-8,11H2,1H3/t12-/m1/s1. The van der Waals surface area contributed by atoms with Gasteiger partial charge in [-0.2, -0.15) is 4.68 Å². The Morgan fingerprint density at radius 3 is 2.75 bits per heavy atom. The zero-order valence-corrected chi connectivity index (χ0v) is 11.9. The fourth-order valence-corrected chi connectivity index (χ4v) is 2.96. The van der Waals surface area contributed by atoms with E-state index in [2.05, 4.69) is 27.8 Å². The average molecular weight is 271 g/mol. The van der Waals surface area contributed by atoms with Crippen molar-refractivity contribution < 1.29 is 0 Å². The van der Waals surface area contributed by atoms with Crippen molar-refractivity contribution in [1.29, 1.82) is 0 Å². The fourth-order valence-electron chi connectivity index (χ4n) is 2.96. The Kier molecular flexibility index (Phi) is 4.06. The van der Waals surface area contributed by atoms with Gasteiger partial charge in [-0.15, -0.1) is 5.10 Å². The molecule has 1 N–H and O–H groups in total. The Balaban J connectivity index is 1.65. The van der Waals surface area contributed by atoms with E-state index in [0.29, 0.717) is 12.6 Å². The van der Waals surface area contributed by atoms with Crippen LogP contribution in [0, 0.1) is 5.92 Å². The molecule has 1 aliphatic carbocycles. The summed E-state index contributed by atoms with van der Waals surface area (Å²) in [5.74, 6) is 1.66. The van der Waals surface area contributed by atoms with E-state index < -0.39 is 0 Å². The molecule has 1 saturated carbocycles. The molecule has 106 valence electrons. The Morgan fingerprint density at radius 2 is 2.00 bits per heavy atom. The Morgan fingerprint density at radius 1 is 1.25 bits per heavy atom. The average Bonchev–Trinajstić information content (AvgIpc) is 3.17. The summed E-state index contributed by atoms with van der Waals surface area (Å²) in [5.41, 5.74) is 1.00. The SMILES string of the molecule is C[C@@H](NCc1nnnn1-c1ccccc1)C1CCCC1. The lowest BCUT2D eigenvalue weighted by Gasteiger charge is -2.19. The molecule has 1 aromatic heterocycles. The van der Waals surface area contributed by atoms with Gasteiger partial charge in [-0.3, -0.25) is 0 Å². The van der Waals surface area contributed by atoms with Gasteiger partial charge in [0.25, 0.3) is 0 Å². The Labute approximate surface area is 119 Å². The number of rotatable bonds is 5. The molecule has 1 heterocycles. The van der Waals surface area contributed by atoms with Gasteiger partial charge in [0, 0.05) is 6.04 Å². The van der Waals surface area contributed by atoms with Gasteiger partial charge in [0.05, 0.1) is 12.2 Å². The zero-order valence-electron chi connectivity index (χ0n) is 11.9. The molecule has 3 rings (SSSR count). The van der Waals surface area contributed by atoms with Crippen LogP contribution < -0.4 is 5.32 Å². The molecule has 1 aromatic carbocycles. The minimum absolute atomic E-state index is 0.526. The molecule has 0 saturated heterocycles. The second kappa shape index (κ2) is 6.13. The summed E-state index contributed by atoms with van der Waals surface area (Å²) in [5, 5.41) is 15.6. The van der Waals surface area contributed by atoms with E-state index in [4.69, 9.17) is 0 Å². The summed E-state index contributed by atoms with van der Waals surface area (Å²) in [4.78, 5) is 0. The topological polar surface area (TPSA) is 55.6 Å². The van der Waals surface area contributed by atoms with Crippen molar-refractivity contribution in [2.45, 2.75) is 45.2 Å².